The van der Waals surface area contributed by atoms with E-state index in [1.165, 1.54) is 23.5 Å². The first-order valence-corrected chi connectivity index (χ1v) is 7.19. The van der Waals surface area contributed by atoms with Gasteiger partial charge in [-0.25, -0.2) is 4.98 Å². The summed E-state index contributed by atoms with van der Waals surface area (Å²) in [6, 6.07) is 4.28. The number of benzene rings is 1. The van der Waals surface area contributed by atoms with Crippen LogP contribution in [0.25, 0.3) is 11.3 Å². The Kier molecular flexibility index (Phi) is 4.80. The first-order chi connectivity index (χ1) is 10.1. The van der Waals surface area contributed by atoms with Crippen LogP contribution in [0, 0.1) is 12.3 Å². The molecule has 1 amide bonds. The number of aromatic hydroxyl groups is 2. The summed E-state index contributed by atoms with van der Waals surface area (Å²) in [6.07, 6.45) is 6.68. The number of rotatable bonds is 5. The Morgan fingerprint density at radius 1 is 1.43 bits per heavy atom. The number of phenols is 2. The average Bonchev–Trinajstić information content (AvgIpc) is 2.87. The molecule has 0 saturated carbocycles. The number of terminal acetylenes is 1. The maximum Gasteiger partial charge on any atom is 0.226 e. The highest BCUT2D eigenvalue weighted by Gasteiger charge is 2.11. The lowest BCUT2D eigenvalue weighted by Gasteiger charge is -2.02. The predicted octanol–water partition coefficient (Wildman–Crippen LogP) is 2.96. The zero-order valence-electron chi connectivity index (χ0n) is 11.2. The van der Waals surface area contributed by atoms with Gasteiger partial charge in [0.05, 0.1) is 5.69 Å². The van der Waals surface area contributed by atoms with Gasteiger partial charge >= 0.3 is 0 Å². The van der Waals surface area contributed by atoms with Crippen molar-refractivity contribution < 1.29 is 15.0 Å². The highest BCUT2D eigenvalue weighted by atomic mass is 32.1. The van der Waals surface area contributed by atoms with Crippen LogP contribution in [0.4, 0.5) is 5.13 Å². The fourth-order valence-corrected chi connectivity index (χ4v) is 2.45. The van der Waals surface area contributed by atoms with E-state index in [1.54, 1.807) is 11.4 Å². The maximum absolute atomic E-state index is 11.6. The fourth-order valence-electron chi connectivity index (χ4n) is 1.72. The number of amides is 1. The summed E-state index contributed by atoms with van der Waals surface area (Å²) in [5, 5.41) is 23.9. The zero-order valence-corrected chi connectivity index (χ0v) is 12.0. The van der Waals surface area contributed by atoms with Crippen molar-refractivity contribution in [3.05, 3.63) is 23.6 Å². The summed E-state index contributed by atoms with van der Waals surface area (Å²) >= 11 is 1.27. The molecule has 0 unspecified atom stereocenters. The highest BCUT2D eigenvalue weighted by molar-refractivity contribution is 7.14. The molecule has 0 bridgehead atoms. The van der Waals surface area contributed by atoms with E-state index < -0.39 is 0 Å². The van der Waals surface area contributed by atoms with Gasteiger partial charge in [0.15, 0.2) is 5.13 Å². The third-order valence-electron chi connectivity index (χ3n) is 2.73. The molecule has 108 valence electrons. The summed E-state index contributed by atoms with van der Waals surface area (Å²) in [4.78, 5) is 15.9. The SMILES string of the molecule is C#CCCCC(=O)Nc1nc(-c2ccc(O)cc2O)cs1. The Labute approximate surface area is 126 Å². The molecule has 0 aliphatic carbocycles. The van der Waals surface area contributed by atoms with E-state index in [1.807, 2.05) is 0 Å². The maximum atomic E-state index is 11.6. The van der Waals surface area contributed by atoms with E-state index in [4.69, 9.17) is 6.42 Å². The second-order valence-electron chi connectivity index (χ2n) is 4.35. The molecule has 3 N–H and O–H groups in total. The van der Waals surface area contributed by atoms with Crippen LogP contribution in [-0.4, -0.2) is 21.1 Å². The molecule has 0 spiro atoms. The Morgan fingerprint density at radius 2 is 2.24 bits per heavy atom. The van der Waals surface area contributed by atoms with Crippen LogP contribution >= 0.6 is 11.3 Å². The quantitative estimate of drug-likeness (QED) is 0.586. The summed E-state index contributed by atoms with van der Waals surface area (Å²) in [6.45, 7) is 0. The van der Waals surface area contributed by atoms with Crippen LogP contribution < -0.4 is 5.32 Å². The molecule has 1 aromatic carbocycles. The van der Waals surface area contributed by atoms with E-state index in [0.29, 0.717) is 35.7 Å². The van der Waals surface area contributed by atoms with Gasteiger partial charge in [-0.1, -0.05) is 0 Å². The summed E-state index contributed by atoms with van der Waals surface area (Å²) in [7, 11) is 0. The number of nitrogens with one attached hydrogen (secondary N) is 1. The highest BCUT2D eigenvalue weighted by Crippen LogP contribution is 2.33. The van der Waals surface area contributed by atoms with Crippen molar-refractivity contribution in [2.45, 2.75) is 19.3 Å². The van der Waals surface area contributed by atoms with Crippen molar-refractivity contribution in [1.29, 1.82) is 0 Å². The molecule has 0 radical (unpaired) electrons. The van der Waals surface area contributed by atoms with Crippen molar-refractivity contribution in [2.75, 3.05) is 5.32 Å². The molecule has 0 aliphatic heterocycles. The molecule has 0 aliphatic rings. The van der Waals surface area contributed by atoms with Crippen molar-refractivity contribution in [1.82, 2.24) is 4.98 Å². The van der Waals surface area contributed by atoms with Crippen molar-refractivity contribution in [2.24, 2.45) is 0 Å². The van der Waals surface area contributed by atoms with Gasteiger partial charge in [0.2, 0.25) is 5.91 Å². The molecule has 2 rings (SSSR count). The second kappa shape index (κ2) is 6.77. The Balaban J connectivity index is 2.04. The first-order valence-electron chi connectivity index (χ1n) is 6.31. The first kappa shape index (κ1) is 14.9. The third kappa shape index (κ3) is 3.97. The normalized spacial score (nSPS) is 10.0. The van der Waals surface area contributed by atoms with Gasteiger partial charge in [-0.2, -0.15) is 0 Å². The van der Waals surface area contributed by atoms with E-state index >= 15 is 0 Å². The molecule has 0 saturated heterocycles. The van der Waals surface area contributed by atoms with Gasteiger partial charge < -0.3 is 15.5 Å². The standard InChI is InChI=1S/C15H14N2O3S/c1-2-3-4-5-14(20)17-15-16-12(9-21-15)11-7-6-10(18)8-13(11)19/h1,6-9,18-19H,3-5H2,(H,16,17,20). The number of phenolic OH excluding ortho intramolecular Hbond substituents is 2. The van der Waals surface area contributed by atoms with Gasteiger partial charge in [0.25, 0.3) is 0 Å². The molecule has 21 heavy (non-hydrogen) atoms. The Bertz CT molecular complexity index is 688. The molecule has 0 fully saturated rings. The summed E-state index contributed by atoms with van der Waals surface area (Å²) < 4.78 is 0. The van der Waals surface area contributed by atoms with Crippen molar-refractivity contribution in [3.63, 3.8) is 0 Å². The van der Waals surface area contributed by atoms with Crippen LogP contribution in [0.2, 0.25) is 0 Å². The molecule has 6 heteroatoms. The topological polar surface area (TPSA) is 82.5 Å². The van der Waals surface area contributed by atoms with Crippen molar-refractivity contribution >= 4 is 22.4 Å². The minimum absolute atomic E-state index is 0.0199. The number of aromatic nitrogens is 1. The summed E-state index contributed by atoms with van der Waals surface area (Å²) in [5.74, 6) is 2.26. The lowest BCUT2D eigenvalue weighted by molar-refractivity contribution is -0.116. The number of carbonyl (C=O) groups excluding carboxylic acids is 1. The summed E-state index contributed by atoms with van der Waals surface area (Å²) in [5.41, 5.74) is 1.04. The molecule has 0 atom stereocenters. The van der Waals surface area contributed by atoms with Crippen LogP contribution in [-0.2, 0) is 4.79 Å². The molecule has 2 aromatic rings. The third-order valence-corrected chi connectivity index (χ3v) is 3.49. The number of carbonyl (C=O) groups is 1. The monoisotopic (exact) mass is 302 g/mol. The van der Waals surface area contributed by atoms with Crippen molar-refractivity contribution in [3.8, 4) is 35.1 Å². The van der Waals surface area contributed by atoms with E-state index in [2.05, 4.69) is 16.2 Å². The van der Waals surface area contributed by atoms with Crippen LogP contribution in [0.3, 0.4) is 0 Å². The van der Waals surface area contributed by atoms with E-state index in [-0.39, 0.29) is 17.4 Å². The van der Waals surface area contributed by atoms with Crippen LogP contribution in [0.15, 0.2) is 23.6 Å². The largest absolute Gasteiger partial charge is 0.508 e. The number of anilines is 1. The number of hydrogen-bond donors (Lipinski definition) is 3. The smallest absolute Gasteiger partial charge is 0.226 e. The second-order valence-corrected chi connectivity index (χ2v) is 5.20. The van der Waals surface area contributed by atoms with Crippen LogP contribution in [0.1, 0.15) is 19.3 Å². The molecule has 5 nitrogen and oxygen atoms in total. The minimum Gasteiger partial charge on any atom is -0.508 e. The van der Waals surface area contributed by atoms with Gasteiger partial charge in [0, 0.05) is 29.9 Å². The molecule has 1 aromatic heterocycles. The lowest BCUT2D eigenvalue weighted by atomic mass is 10.1. The minimum atomic E-state index is -0.138. The zero-order chi connectivity index (χ0) is 15.2. The van der Waals surface area contributed by atoms with Gasteiger partial charge in [-0.3, -0.25) is 4.79 Å². The molecular formula is C15H14N2O3S. The van der Waals surface area contributed by atoms with Gasteiger partial charge in [0.1, 0.15) is 11.5 Å². The lowest BCUT2D eigenvalue weighted by Crippen LogP contribution is -2.10. The fraction of sp³-hybridized carbons (Fsp3) is 0.200. The van der Waals surface area contributed by atoms with E-state index in [0.717, 1.165) is 0 Å². The number of hydrogen-bond acceptors (Lipinski definition) is 5. The number of unbranched alkanes of at least 4 members (excludes halogenated alkanes) is 1. The average molecular weight is 302 g/mol. The number of thiazole rings is 1. The Hall–Kier alpha value is -2.52. The predicted molar refractivity (Wildman–Crippen MR) is 82.2 cm³/mol. The van der Waals surface area contributed by atoms with Gasteiger partial charge in [-0.05, 0) is 18.6 Å². The van der Waals surface area contributed by atoms with Crippen LogP contribution in [0.5, 0.6) is 11.5 Å². The Morgan fingerprint density at radius 3 is 2.95 bits per heavy atom. The molecule has 1 heterocycles. The number of nitrogens with zero attached hydrogens (tertiary/aromatic N) is 1. The molecular weight excluding hydrogens is 288 g/mol. The van der Waals surface area contributed by atoms with Gasteiger partial charge in [-0.15, -0.1) is 23.7 Å². The van der Waals surface area contributed by atoms with E-state index in [9.17, 15) is 15.0 Å².